The third-order valence-electron chi connectivity index (χ3n) is 4.05. The maximum atomic E-state index is 2.26. The SMILES string of the molecule is c1ccc(-c2cccc(-c3ccc4ccccc4c3)c2)cc1. The number of benzene rings is 4. The van der Waals surface area contributed by atoms with Gasteiger partial charge in [0.05, 0.1) is 0 Å². The molecule has 0 nitrogen and oxygen atoms in total. The molecule has 0 aliphatic rings. The molecule has 0 bridgehead atoms. The van der Waals surface area contributed by atoms with E-state index in [0.29, 0.717) is 0 Å². The zero-order chi connectivity index (χ0) is 14.8. The van der Waals surface area contributed by atoms with Crippen molar-refractivity contribution in [2.45, 2.75) is 0 Å². The molecule has 0 aliphatic carbocycles. The third-order valence-corrected chi connectivity index (χ3v) is 4.05. The summed E-state index contributed by atoms with van der Waals surface area (Å²) in [5.74, 6) is 0. The minimum absolute atomic E-state index is 1.25. The molecule has 0 unspecified atom stereocenters. The average Bonchev–Trinajstić information content (AvgIpc) is 2.62. The highest BCUT2D eigenvalue weighted by molar-refractivity contribution is 5.87. The van der Waals surface area contributed by atoms with Gasteiger partial charge in [0.1, 0.15) is 0 Å². The average molecular weight is 280 g/mol. The predicted octanol–water partition coefficient (Wildman–Crippen LogP) is 6.17. The van der Waals surface area contributed by atoms with Gasteiger partial charge in [-0.05, 0) is 45.2 Å². The van der Waals surface area contributed by atoms with Crippen molar-refractivity contribution in [1.29, 1.82) is 0 Å². The van der Waals surface area contributed by atoms with Gasteiger partial charge in [0, 0.05) is 0 Å². The van der Waals surface area contributed by atoms with Gasteiger partial charge in [0.15, 0.2) is 0 Å². The van der Waals surface area contributed by atoms with Gasteiger partial charge in [-0.25, -0.2) is 0 Å². The maximum Gasteiger partial charge on any atom is -0.0177 e. The summed E-state index contributed by atoms with van der Waals surface area (Å²) < 4.78 is 0. The molecular formula is C22H16. The van der Waals surface area contributed by atoms with Crippen molar-refractivity contribution < 1.29 is 0 Å². The van der Waals surface area contributed by atoms with Crippen LogP contribution in [0.2, 0.25) is 0 Å². The zero-order valence-electron chi connectivity index (χ0n) is 12.2. The van der Waals surface area contributed by atoms with Crippen molar-refractivity contribution in [1.82, 2.24) is 0 Å². The second kappa shape index (κ2) is 5.50. The summed E-state index contributed by atoms with van der Waals surface area (Å²) in [6.07, 6.45) is 0. The lowest BCUT2D eigenvalue weighted by Crippen LogP contribution is -1.82. The topological polar surface area (TPSA) is 0 Å². The molecule has 0 amide bonds. The minimum Gasteiger partial charge on any atom is -0.0622 e. The normalized spacial score (nSPS) is 10.7. The Bertz CT molecular complexity index is 920. The molecule has 0 fully saturated rings. The summed E-state index contributed by atoms with van der Waals surface area (Å²) in [7, 11) is 0. The fourth-order valence-electron chi connectivity index (χ4n) is 2.88. The molecule has 0 heteroatoms. The second-order valence-electron chi connectivity index (χ2n) is 5.51. The standard InChI is InChI=1S/C22H16/c1-2-7-17(8-3-1)20-11-6-12-21(15-20)22-14-13-18-9-4-5-10-19(18)16-22/h1-16H. The Balaban J connectivity index is 1.81. The highest BCUT2D eigenvalue weighted by Crippen LogP contribution is 2.28. The number of hydrogen-bond donors (Lipinski definition) is 0. The Morgan fingerprint density at radius 3 is 1.73 bits per heavy atom. The first-order chi connectivity index (χ1) is 10.9. The Labute approximate surface area is 130 Å². The van der Waals surface area contributed by atoms with E-state index >= 15 is 0 Å². The van der Waals surface area contributed by atoms with E-state index in [1.54, 1.807) is 0 Å². The van der Waals surface area contributed by atoms with Crippen molar-refractivity contribution in [3.63, 3.8) is 0 Å². The van der Waals surface area contributed by atoms with Gasteiger partial charge < -0.3 is 0 Å². The van der Waals surface area contributed by atoms with Gasteiger partial charge in [-0.3, -0.25) is 0 Å². The van der Waals surface area contributed by atoms with Crippen molar-refractivity contribution >= 4 is 10.8 Å². The minimum atomic E-state index is 1.25. The van der Waals surface area contributed by atoms with E-state index in [-0.39, 0.29) is 0 Å². The van der Waals surface area contributed by atoms with Crippen LogP contribution >= 0.6 is 0 Å². The van der Waals surface area contributed by atoms with Crippen LogP contribution in [0.3, 0.4) is 0 Å². The monoisotopic (exact) mass is 280 g/mol. The Morgan fingerprint density at radius 1 is 0.318 bits per heavy atom. The van der Waals surface area contributed by atoms with Crippen LogP contribution in [0.4, 0.5) is 0 Å². The van der Waals surface area contributed by atoms with Gasteiger partial charge in [0.2, 0.25) is 0 Å². The van der Waals surface area contributed by atoms with Gasteiger partial charge in [0.25, 0.3) is 0 Å². The molecule has 22 heavy (non-hydrogen) atoms. The molecular weight excluding hydrogens is 264 g/mol. The molecule has 4 aromatic carbocycles. The smallest absolute Gasteiger partial charge is 0.0177 e. The predicted molar refractivity (Wildman–Crippen MR) is 94.8 cm³/mol. The van der Waals surface area contributed by atoms with Gasteiger partial charge in [-0.15, -0.1) is 0 Å². The summed E-state index contributed by atoms with van der Waals surface area (Å²) in [5, 5.41) is 2.57. The molecule has 0 radical (unpaired) electrons. The fourth-order valence-corrected chi connectivity index (χ4v) is 2.88. The molecule has 4 aromatic rings. The highest BCUT2D eigenvalue weighted by atomic mass is 14.1. The van der Waals surface area contributed by atoms with Crippen LogP contribution in [0.15, 0.2) is 97.1 Å². The first-order valence-electron chi connectivity index (χ1n) is 7.55. The van der Waals surface area contributed by atoms with Crippen molar-refractivity contribution in [2.24, 2.45) is 0 Å². The van der Waals surface area contributed by atoms with Crippen molar-refractivity contribution in [3.05, 3.63) is 97.1 Å². The Hall–Kier alpha value is -2.86. The first kappa shape index (κ1) is 12.8. The van der Waals surface area contributed by atoms with Gasteiger partial charge in [-0.2, -0.15) is 0 Å². The third kappa shape index (κ3) is 2.40. The van der Waals surface area contributed by atoms with E-state index in [4.69, 9.17) is 0 Å². The quantitative estimate of drug-likeness (QED) is 0.411. The summed E-state index contributed by atoms with van der Waals surface area (Å²) >= 11 is 0. The van der Waals surface area contributed by atoms with Crippen LogP contribution in [0.5, 0.6) is 0 Å². The summed E-state index contributed by atoms with van der Waals surface area (Å²) in [6.45, 7) is 0. The van der Waals surface area contributed by atoms with E-state index in [1.807, 2.05) is 0 Å². The molecule has 0 aliphatic heterocycles. The van der Waals surface area contributed by atoms with E-state index in [2.05, 4.69) is 97.1 Å². The highest BCUT2D eigenvalue weighted by Gasteiger charge is 2.02. The molecule has 0 N–H and O–H groups in total. The molecule has 0 saturated carbocycles. The lowest BCUT2D eigenvalue weighted by atomic mass is 9.97. The van der Waals surface area contributed by atoms with E-state index in [0.717, 1.165) is 0 Å². The van der Waals surface area contributed by atoms with Crippen LogP contribution < -0.4 is 0 Å². The van der Waals surface area contributed by atoms with E-state index in [9.17, 15) is 0 Å². The van der Waals surface area contributed by atoms with Crippen molar-refractivity contribution in [3.8, 4) is 22.3 Å². The summed E-state index contributed by atoms with van der Waals surface area (Å²) in [4.78, 5) is 0. The largest absolute Gasteiger partial charge is 0.0622 e. The van der Waals surface area contributed by atoms with Crippen LogP contribution in [0.25, 0.3) is 33.0 Å². The lowest BCUT2D eigenvalue weighted by Gasteiger charge is -2.07. The van der Waals surface area contributed by atoms with Crippen LogP contribution in [-0.4, -0.2) is 0 Å². The number of hydrogen-bond acceptors (Lipinski definition) is 0. The van der Waals surface area contributed by atoms with Gasteiger partial charge in [-0.1, -0.05) is 84.9 Å². The molecule has 0 heterocycles. The molecule has 0 aromatic heterocycles. The molecule has 104 valence electrons. The Morgan fingerprint density at radius 2 is 0.909 bits per heavy atom. The molecule has 0 atom stereocenters. The molecule has 4 rings (SSSR count). The number of fused-ring (bicyclic) bond motifs is 1. The molecule has 0 spiro atoms. The maximum absolute atomic E-state index is 2.26. The second-order valence-corrected chi connectivity index (χ2v) is 5.51. The first-order valence-corrected chi connectivity index (χ1v) is 7.55. The van der Waals surface area contributed by atoms with Crippen molar-refractivity contribution in [2.75, 3.05) is 0 Å². The van der Waals surface area contributed by atoms with E-state index in [1.165, 1.54) is 33.0 Å². The van der Waals surface area contributed by atoms with Crippen LogP contribution in [-0.2, 0) is 0 Å². The summed E-state index contributed by atoms with van der Waals surface area (Å²) in [6, 6.07) is 34.4. The molecule has 0 saturated heterocycles. The Kier molecular flexibility index (Phi) is 3.21. The summed E-state index contributed by atoms with van der Waals surface area (Å²) in [5.41, 5.74) is 5.03. The zero-order valence-corrected chi connectivity index (χ0v) is 12.2. The van der Waals surface area contributed by atoms with Crippen LogP contribution in [0, 0.1) is 0 Å². The van der Waals surface area contributed by atoms with Crippen LogP contribution in [0.1, 0.15) is 0 Å². The van der Waals surface area contributed by atoms with Gasteiger partial charge >= 0.3 is 0 Å². The van der Waals surface area contributed by atoms with E-state index < -0.39 is 0 Å². The lowest BCUT2D eigenvalue weighted by molar-refractivity contribution is 1.60. The number of rotatable bonds is 2. The fraction of sp³-hybridized carbons (Fsp3) is 0.